The van der Waals surface area contributed by atoms with Gasteiger partial charge in [0.25, 0.3) is 0 Å². The average Bonchev–Trinajstić information content (AvgIpc) is 2.28. The minimum Gasteiger partial charge on any atom is -0.383 e. The molecule has 3 nitrogen and oxygen atoms in total. The fourth-order valence-electron chi connectivity index (χ4n) is 1.18. The zero-order valence-electron chi connectivity index (χ0n) is 9.37. The fraction of sp³-hybridized carbons (Fsp3) is 0.364. The average molecular weight is 242 g/mol. The monoisotopic (exact) mass is 242 g/mol. The first-order valence-electron chi connectivity index (χ1n) is 4.91. The molecule has 0 aliphatic rings. The molecule has 0 aliphatic carbocycles. The number of benzene rings is 1. The first-order chi connectivity index (χ1) is 7.65. The molecule has 0 atom stereocenters. The normalized spacial score (nSPS) is 9.94. The van der Waals surface area contributed by atoms with Gasteiger partial charge in [-0.3, -0.25) is 0 Å². The summed E-state index contributed by atoms with van der Waals surface area (Å²) in [5.74, 6) is -0.274. The van der Waals surface area contributed by atoms with E-state index in [1.165, 1.54) is 12.1 Å². The number of thiocarbonyl (C=S) groups is 1. The lowest BCUT2D eigenvalue weighted by atomic mass is 10.3. The summed E-state index contributed by atoms with van der Waals surface area (Å²) in [6, 6.07) is 6.29. The van der Waals surface area contributed by atoms with Crippen molar-refractivity contribution in [2.45, 2.75) is 0 Å². The Balaban J connectivity index is 2.56. The van der Waals surface area contributed by atoms with Crippen LogP contribution in [0.15, 0.2) is 24.3 Å². The summed E-state index contributed by atoms with van der Waals surface area (Å²) in [5, 5.41) is 3.56. The Hall–Kier alpha value is -1.20. The number of ether oxygens (including phenoxy) is 1. The third-order valence-electron chi connectivity index (χ3n) is 2.08. The topological polar surface area (TPSA) is 24.5 Å². The smallest absolute Gasteiger partial charge is 0.173 e. The molecule has 0 spiro atoms. The highest BCUT2D eigenvalue weighted by molar-refractivity contribution is 7.80. The molecule has 0 heterocycles. The van der Waals surface area contributed by atoms with Gasteiger partial charge in [-0.05, 0) is 30.4 Å². The standard InChI is InChI=1S/C11H15FN2OS/c1-14(11(16)13-6-7-15-2)10-5-3-4-9(12)8-10/h3-5,8H,6-7H2,1-2H3,(H,13,16). The molecule has 1 aromatic carbocycles. The molecule has 0 saturated carbocycles. The summed E-state index contributed by atoms with van der Waals surface area (Å²) in [6.45, 7) is 1.21. The lowest BCUT2D eigenvalue weighted by Crippen LogP contribution is -2.38. The molecule has 0 radical (unpaired) electrons. The van der Waals surface area contributed by atoms with E-state index in [4.69, 9.17) is 17.0 Å². The van der Waals surface area contributed by atoms with E-state index in [2.05, 4.69) is 5.32 Å². The molecule has 1 N–H and O–H groups in total. The Labute approximate surface area is 100 Å². The predicted octanol–water partition coefficient (Wildman–Crippen LogP) is 1.78. The van der Waals surface area contributed by atoms with Crippen molar-refractivity contribution >= 4 is 23.0 Å². The third kappa shape index (κ3) is 3.75. The van der Waals surface area contributed by atoms with Gasteiger partial charge in [0.2, 0.25) is 0 Å². The number of halogens is 1. The maximum atomic E-state index is 13.0. The third-order valence-corrected chi connectivity index (χ3v) is 2.50. The van der Waals surface area contributed by atoms with Crippen molar-refractivity contribution < 1.29 is 9.13 Å². The second-order valence-corrected chi connectivity index (χ2v) is 3.65. The highest BCUT2D eigenvalue weighted by Crippen LogP contribution is 2.13. The van der Waals surface area contributed by atoms with Crippen LogP contribution >= 0.6 is 12.2 Å². The Morgan fingerprint density at radius 1 is 1.56 bits per heavy atom. The molecular formula is C11H15FN2OS. The van der Waals surface area contributed by atoms with Crippen molar-refractivity contribution in [1.29, 1.82) is 0 Å². The molecule has 0 aliphatic heterocycles. The zero-order chi connectivity index (χ0) is 12.0. The van der Waals surface area contributed by atoms with Crippen LogP contribution in [0.1, 0.15) is 0 Å². The molecule has 16 heavy (non-hydrogen) atoms. The van der Waals surface area contributed by atoms with Gasteiger partial charge in [0.15, 0.2) is 5.11 Å². The van der Waals surface area contributed by atoms with Gasteiger partial charge in [-0.15, -0.1) is 0 Å². The Morgan fingerprint density at radius 2 is 2.31 bits per heavy atom. The van der Waals surface area contributed by atoms with Crippen LogP contribution in [0, 0.1) is 5.82 Å². The predicted molar refractivity (Wildman–Crippen MR) is 67.3 cm³/mol. The summed E-state index contributed by atoms with van der Waals surface area (Å²) >= 11 is 5.15. The van der Waals surface area contributed by atoms with Crippen molar-refractivity contribution in [3.63, 3.8) is 0 Å². The van der Waals surface area contributed by atoms with E-state index in [1.807, 2.05) is 0 Å². The van der Waals surface area contributed by atoms with Crippen molar-refractivity contribution in [3.05, 3.63) is 30.1 Å². The molecule has 0 fully saturated rings. The number of rotatable bonds is 4. The Morgan fingerprint density at radius 3 is 2.94 bits per heavy atom. The lowest BCUT2D eigenvalue weighted by Gasteiger charge is -2.21. The van der Waals surface area contributed by atoms with Gasteiger partial charge in [0.1, 0.15) is 5.82 Å². The van der Waals surface area contributed by atoms with Crippen molar-refractivity contribution in [2.75, 3.05) is 32.2 Å². The largest absolute Gasteiger partial charge is 0.383 e. The van der Waals surface area contributed by atoms with E-state index in [1.54, 1.807) is 31.2 Å². The van der Waals surface area contributed by atoms with Crippen molar-refractivity contribution in [3.8, 4) is 0 Å². The molecule has 0 saturated heterocycles. The van der Waals surface area contributed by atoms with Gasteiger partial charge in [-0.2, -0.15) is 0 Å². The number of nitrogens with one attached hydrogen (secondary N) is 1. The number of nitrogens with zero attached hydrogens (tertiary/aromatic N) is 1. The van der Waals surface area contributed by atoms with Crippen LogP contribution < -0.4 is 10.2 Å². The molecule has 0 unspecified atom stereocenters. The van der Waals surface area contributed by atoms with Crippen molar-refractivity contribution in [1.82, 2.24) is 5.32 Å². The van der Waals surface area contributed by atoms with Crippen LogP contribution in [0.3, 0.4) is 0 Å². The Kier molecular flexibility index (Phi) is 5.14. The van der Waals surface area contributed by atoms with Gasteiger partial charge in [-0.1, -0.05) is 6.07 Å². The van der Waals surface area contributed by atoms with E-state index < -0.39 is 0 Å². The quantitative estimate of drug-likeness (QED) is 0.642. The summed E-state index contributed by atoms with van der Waals surface area (Å²) in [7, 11) is 3.41. The highest BCUT2D eigenvalue weighted by Gasteiger charge is 2.06. The molecular weight excluding hydrogens is 227 g/mol. The zero-order valence-corrected chi connectivity index (χ0v) is 10.2. The molecule has 0 amide bonds. The maximum Gasteiger partial charge on any atom is 0.173 e. The maximum absolute atomic E-state index is 13.0. The SMILES string of the molecule is COCCNC(=S)N(C)c1cccc(F)c1. The number of hydrogen-bond donors (Lipinski definition) is 1. The van der Waals surface area contributed by atoms with E-state index in [0.29, 0.717) is 18.3 Å². The minimum absolute atomic E-state index is 0.274. The fourth-order valence-corrected chi connectivity index (χ4v) is 1.39. The second kappa shape index (κ2) is 6.40. The number of hydrogen-bond acceptors (Lipinski definition) is 2. The molecule has 1 rings (SSSR count). The summed E-state index contributed by atoms with van der Waals surface area (Å²) in [5.41, 5.74) is 0.718. The summed E-state index contributed by atoms with van der Waals surface area (Å²) < 4.78 is 17.9. The molecule has 1 aromatic rings. The van der Waals surface area contributed by atoms with Crippen LogP contribution in [0.5, 0.6) is 0 Å². The van der Waals surface area contributed by atoms with Crippen LogP contribution in [-0.4, -0.2) is 32.4 Å². The van der Waals surface area contributed by atoms with Gasteiger partial charge in [-0.25, -0.2) is 4.39 Å². The van der Waals surface area contributed by atoms with E-state index >= 15 is 0 Å². The lowest BCUT2D eigenvalue weighted by molar-refractivity contribution is 0.204. The van der Waals surface area contributed by atoms with Gasteiger partial charge < -0.3 is 15.0 Å². The van der Waals surface area contributed by atoms with Gasteiger partial charge >= 0.3 is 0 Å². The van der Waals surface area contributed by atoms with Gasteiger partial charge in [0.05, 0.1) is 6.61 Å². The summed E-state index contributed by atoms with van der Waals surface area (Å²) in [6.07, 6.45) is 0. The highest BCUT2D eigenvalue weighted by atomic mass is 32.1. The van der Waals surface area contributed by atoms with Crippen LogP contribution in [-0.2, 0) is 4.74 Å². The van der Waals surface area contributed by atoms with E-state index in [9.17, 15) is 4.39 Å². The van der Waals surface area contributed by atoms with E-state index in [0.717, 1.165) is 5.69 Å². The molecule has 0 aromatic heterocycles. The first-order valence-corrected chi connectivity index (χ1v) is 5.32. The number of anilines is 1. The summed E-state index contributed by atoms with van der Waals surface area (Å²) in [4.78, 5) is 1.72. The second-order valence-electron chi connectivity index (χ2n) is 3.26. The molecule has 5 heteroatoms. The van der Waals surface area contributed by atoms with Crippen LogP contribution in [0.2, 0.25) is 0 Å². The first kappa shape index (κ1) is 12.9. The minimum atomic E-state index is -0.274. The van der Waals surface area contributed by atoms with Crippen LogP contribution in [0.25, 0.3) is 0 Å². The van der Waals surface area contributed by atoms with Gasteiger partial charge in [0, 0.05) is 26.4 Å². The molecule has 88 valence electrons. The van der Waals surface area contributed by atoms with E-state index in [-0.39, 0.29) is 5.82 Å². The molecule has 0 bridgehead atoms. The van der Waals surface area contributed by atoms with Crippen LogP contribution in [0.4, 0.5) is 10.1 Å². The Bertz CT molecular complexity index is 360. The number of methoxy groups -OCH3 is 1. The van der Waals surface area contributed by atoms with Crippen molar-refractivity contribution in [2.24, 2.45) is 0 Å².